The van der Waals surface area contributed by atoms with E-state index in [1.165, 1.54) is 4.90 Å². The van der Waals surface area contributed by atoms with Gasteiger partial charge in [-0.1, -0.05) is 48.1 Å². The van der Waals surface area contributed by atoms with E-state index in [0.717, 1.165) is 6.08 Å². The van der Waals surface area contributed by atoms with Gasteiger partial charge >= 0.3 is 6.09 Å². The van der Waals surface area contributed by atoms with Gasteiger partial charge in [0.05, 0.1) is 6.04 Å². The molecule has 214 valence electrons. The Morgan fingerprint density at radius 1 is 1.16 bits per heavy atom. The second-order valence-corrected chi connectivity index (χ2v) is 13.2. The van der Waals surface area contributed by atoms with Gasteiger partial charge in [-0.2, -0.15) is 0 Å². The van der Waals surface area contributed by atoms with Crippen molar-refractivity contribution in [1.29, 1.82) is 0 Å². The lowest BCUT2D eigenvalue weighted by atomic mass is 9.77. The summed E-state index contributed by atoms with van der Waals surface area (Å²) in [5.41, 5.74) is -2.05. The van der Waals surface area contributed by atoms with E-state index in [-0.39, 0.29) is 29.9 Å². The molecule has 3 N–H and O–H groups in total. The number of hydrogen-bond acceptors (Lipinski definition) is 6. The van der Waals surface area contributed by atoms with Gasteiger partial charge in [0.25, 0.3) is 0 Å². The second kappa shape index (κ2) is 11.5. The normalized spacial score (nSPS) is 24.7. The summed E-state index contributed by atoms with van der Waals surface area (Å²) in [4.78, 5) is 66.7. The lowest BCUT2D eigenvalue weighted by Gasteiger charge is -2.38. The maximum absolute atomic E-state index is 14.0. The summed E-state index contributed by atoms with van der Waals surface area (Å²) in [5, 5.41) is 8.29. The van der Waals surface area contributed by atoms with Crippen LogP contribution in [-0.2, 0) is 23.9 Å². The van der Waals surface area contributed by atoms with Crippen LogP contribution < -0.4 is 16.0 Å². The first-order valence-corrected chi connectivity index (χ1v) is 13.3. The van der Waals surface area contributed by atoms with Crippen molar-refractivity contribution in [2.45, 2.75) is 98.9 Å². The molecular formula is C28H46N4O6. The summed E-state index contributed by atoms with van der Waals surface area (Å²) in [6, 6.07) is -2.79. The van der Waals surface area contributed by atoms with Crippen molar-refractivity contribution in [2.75, 3.05) is 13.1 Å². The summed E-state index contributed by atoms with van der Waals surface area (Å²) in [7, 11) is 0. The third kappa shape index (κ3) is 7.35. The van der Waals surface area contributed by atoms with Crippen molar-refractivity contribution >= 4 is 29.6 Å². The van der Waals surface area contributed by atoms with Crippen molar-refractivity contribution in [2.24, 2.45) is 22.7 Å². The number of alkyl carbamates (subject to hydrolysis) is 1. The third-order valence-corrected chi connectivity index (χ3v) is 7.61. The fourth-order valence-corrected chi connectivity index (χ4v) is 5.04. The molecule has 2 saturated heterocycles. The average Bonchev–Trinajstić information content (AvgIpc) is 3.27. The Hall–Kier alpha value is -2.91. The molecule has 0 radical (unpaired) electrons. The van der Waals surface area contributed by atoms with Gasteiger partial charge in [-0.3, -0.25) is 19.2 Å². The maximum Gasteiger partial charge on any atom is 0.408 e. The molecule has 0 aromatic carbocycles. The van der Waals surface area contributed by atoms with Crippen LogP contribution in [0.3, 0.4) is 0 Å². The fourth-order valence-electron chi connectivity index (χ4n) is 5.04. The van der Waals surface area contributed by atoms with Crippen LogP contribution in [0.25, 0.3) is 0 Å². The predicted octanol–water partition coefficient (Wildman–Crippen LogP) is 2.57. The fraction of sp³-hybridized carbons (Fsp3) is 0.750. The lowest BCUT2D eigenvalue weighted by molar-refractivity contribution is -0.144. The van der Waals surface area contributed by atoms with Crippen molar-refractivity contribution in [3.8, 4) is 0 Å². The zero-order valence-corrected chi connectivity index (χ0v) is 24.4. The number of nitrogens with one attached hydrogen (secondary N) is 3. The summed E-state index contributed by atoms with van der Waals surface area (Å²) < 4.78 is 5.40. The Morgan fingerprint density at radius 2 is 1.76 bits per heavy atom. The van der Waals surface area contributed by atoms with E-state index in [4.69, 9.17) is 4.74 Å². The molecule has 2 heterocycles. The summed E-state index contributed by atoms with van der Waals surface area (Å²) in [6.07, 6.45) is 1.16. The molecule has 0 spiro atoms. The first kappa shape index (κ1) is 31.3. The van der Waals surface area contributed by atoms with E-state index in [2.05, 4.69) is 22.5 Å². The van der Waals surface area contributed by atoms with Crippen molar-refractivity contribution < 1.29 is 28.7 Å². The second-order valence-electron chi connectivity index (χ2n) is 13.2. The summed E-state index contributed by atoms with van der Waals surface area (Å²) in [6.45, 7) is 20.9. The largest absolute Gasteiger partial charge is 0.444 e. The number of likely N-dealkylation sites (tertiary alicyclic amines) is 1. The third-order valence-electron chi connectivity index (χ3n) is 7.61. The van der Waals surface area contributed by atoms with E-state index in [1.54, 1.807) is 20.8 Å². The van der Waals surface area contributed by atoms with Crippen molar-refractivity contribution in [3.05, 3.63) is 12.7 Å². The Morgan fingerprint density at radius 3 is 2.24 bits per heavy atom. The van der Waals surface area contributed by atoms with Gasteiger partial charge < -0.3 is 25.6 Å². The smallest absolute Gasteiger partial charge is 0.408 e. The van der Waals surface area contributed by atoms with Gasteiger partial charge in [0.1, 0.15) is 17.7 Å². The van der Waals surface area contributed by atoms with Crippen LogP contribution in [0.15, 0.2) is 12.7 Å². The van der Waals surface area contributed by atoms with Gasteiger partial charge in [-0.25, -0.2) is 4.79 Å². The van der Waals surface area contributed by atoms with Crippen LogP contribution in [0.2, 0.25) is 0 Å². The van der Waals surface area contributed by atoms with Crippen LogP contribution in [0.4, 0.5) is 4.79 Å². The van der Waals surface area contributed by atoms with Crippen LogP contribution >= 0.6 is 0 Å². The zero-order valence-electron chi connectivity index (χ0n) is 24.4. The average molecular weight is 535 g/mol. The summed E-state index contributed by atoms with van der Waals surface area (Å²) in [5.74, 6) is -1.84. The highest BCUT2D eigenvalue weighted by Gasteiger charge is 2.54. The molecule has 0 bridgehead atoms. The van der Waals surface area contributed by atoms with Gasteiger partial charge in [0.15, 0.2) is 5.78 Å². The molecule has 0 unspecified atom stereocenters. The van der Waals surface area contributed by atoms with Gasteiger partial charge in [-0.15, -0.1) is 0 Å². The number of rotatable bonds is 8. The number of carbonyl (C=O) groups excluding carboxylic acids is 5. The van der Waals surface area contributed by atoms with Crippen LogP contribution in [-0.4, -0.2) is 71.3 Å². The molecule has 2 fully saturated rings. The SMILES string of the molecule is C=CC(=O)[C@H](C[C@@H]1CCNC1=O)NC(=O)[C@H]1N(C(=O)[C@@H](NC(=O)OC(C)(C)C)C(C)(C)C)C[C@@H](C)C1(C)C. The van der Waals surface area contributed by atoms with Crippen LogP contribution in [0, 0.1) is 22.7 Å². The molecule has 0 aromatic heterocycles. The predicted molar refractivity (Wildman–Crippen MR) is 144 cm³/mol. The van der Waals surface area contributed by atoms with E-state index in [9.17, 15) is 24.0 Å². The highest BCUT2D eigenvalue weighted by Crippen LogP contribution is 2.42. The van der Waals surface area contributed by atoms with Crippen LogP contribution in [0.5, 0.6) is 0 Å². The van der Waals surface area contributed by atoms with Crippen LogP contribution in [0.1, 0.15) is 75.2 Å². The number of carbonyl (C=O) groups is 5. The zero-order chi connectivity index (χ0) is 29.2. The van der Waals surface area contributed by atoms with Crippen molar-refractivity contribution in [3.63, 3.8) is 0 Å². The Bertz CT molecular complexity index is 961. The first-order chi connectivity index (χ1) is 17.3. The lowest BCUT2D eigenvalue weighted by Crippen LogP contribution is -2.60. The Kier molecular flexibility index (Phi) is 9.44. The number of nitrogens with zero attached hydrogens (tertiary/aromatic N) is 1. The quantitative estimate of drug-likeness (QED) is 0.410. The number of hydrogen-bond donors (Lipinski definition) is 3. The van der Waals surface area contributed by atoms with Crippen molar-refractivity contribution in [1.82, 2.24) is 20.9 Å². The van der Waals surface area contributed by atoms with Gasteiger partial charge in [0.2, 0.25) is 17.7 Å². The summed E-state index contributed by atoms with van der Waals surface area (Å²) >= 11 is 0. The van der Waals surface area contributed by atoms with E-state index >= 15 is 0 Å². The molecule has 4 amide bonds. The number of ether oxygens (including phenoxy) is 1. The molecule has 0 aromatic rings. The molecule has 5 atom stereocenters. The van der Waals surface area contributed by atoms with E-state index in [1.807, 2.05) is 41.5 Å². The molecule has 0 aliphatic carbocycles. The molecule has 2 rings (SSSR count). The van der Waals surface area contributed by atoms with E-state index in [0.29, 0.717) is 19.5 Å². The minimum absolute atomic E-state index is 0.0430. The minimum Gasteiger partial charge on any atom is -0.444 e. The van der Waals surface area contributed by atoms with Gasteiger partial charge in [0, 0.05) is 19.0 Å². The molecular weight excluding hydrogens is 488 g/mol. The molecule has 38 heavy (non-hydrogen) atoms. The molecule has 2 aliphatic heterocycles. The first-order valence-electron chi connectivity index (χ1n) is 13.3. The van der Waals surface area contributed by atoms with E-state index < -0.39 is 52.5 Å². The maximum atomic E-state index is 14.0. The highest BCUT2D eigenvalue weighted by atomic mass is 16.6. The number of ketones is 1. The molecule has 2 aliphatic rings. The highest BCUT2D eigenvalue weighted by molar-refractivity contribution is 5.99. The van der Waals surface area contributed by atoms with Gasteiger partial charge in [-0.05, 0) is 56.4 Å². The molecule has 0 saturated carbocycles. The standard InChI is InChI=1S/C28H46N4O6/c1-11-19(33)18(14-17-12-13-29-22(17)34)30-23(35)21-28(9,10)16(2)15-32(21)24(36)20(26(3,4)5)31-25(37)38-27(6,7)8/h11,16-18,20-21H,1,12-15H2,2-10H3,(H,29,34)(H,30,35)(H,31,37)/t16-,17+,18+,20-,21-/m1/s1. The molecule has 10 nitrogen and oxygen atoms in total. The monoisotopic (exact) mass is 534 g/mol. The topological polar surface area (TPSA) is 134 Å². The number of amides is 4. The minimum atomic E-state index is -0.957. The molecule has 10 heteroatoms. The Labute approximate surface area is 226 Å². The Balaban J connectivity index is 2.35.